The number of hydrogen-bond donors (Lipinski definition) is 0. The van der Waals surface area contributed by atoms with E-state index in [4.69, 9.17) is 4.84 Å². The van der Waals surface area contributed by atoms with Crippen LogP contribution in [0.15, 0.2) is 84.0 Å². The molecule has 0 amide bonds. The SMILES string of the molecule is O=C(ON=C1c2ccccc2CCc2ccccc21)c1ccccc1. The number of oxime groups is 1. The van der Waals surface area contributed by atoms with Crippen molar-refractivity contribution in [1.82, 2.24) is 0 Å². The monoisotopic (exact) mass is 327 g/mol. The number of carbonyl (C=O) groups is 1. The van der Waals surface area contributed by atoms with Gasteiger partial charge in [0.1, 0.15) is 5.71 Å². The number of carbonyl (C=O) groups excluding carboxylic acids is 1. The van der Waals surface area contributed by atoms with Gasteiger partial charge in [-0.05, 0) is 36.1 Å². The maximum Gasteiger partial charge on any atom is 0.365 e. The van der Waals surface area contributed by atoms with Crippen molar-refractivity contribution in [3.8, 4) is 0 Å². The Kier molecular flexibility index (Phi) is 4.13. The number of benzene rings is 3. The molecule has 0 saturated carbocycles. The molecule has 4 rings (SSSR count). The largest absolute Gasteiger partial charge is 0.365 e. The summed E-state index contributed by atoms with van der Waals surface area (Å²) < 4.78 is 0. The molecule has 0 aromatic heterocycles. The second-order valence-corrected chi connectivity index (χ2v) is 6.00. The predicted octanol–water partition coefficient (Wildman–Crippen LogP) is 4.39. The Morgan fingerprint density at radius 1 is 0.720 bits per heavy atom. The van der Waals surface area contributed by atoms with Gasteiger partial charge in [0.05, 0.1) is 5.56 Å². The quantitative estimate of drug-likeness (QED) is 0.517. The van der Waals surface area contributed by atoms with Crippen molar-refractivity contribution in [2.45, 2.75) is 12.8 Å². The average Bonchev–Trinajstić information content (AvgIpc) is 2.84. The third-order valence-corrected chi connectivity index (χ3v) is 4.44. The molecule has 0 saturated heterocycles. The van der Waals surface area contributed by atoms with Crippen LogP contribution in [0.5, 0.6) is 0 Å². The van der Waals surface area contributed by atoms with Gasteiger partial charge in [0.2, 0.25) is 0 Å². The molecule has 0 bridgehead atoms. The van der Waals surface area contributed by atoms with E-state index in [9.17, 15) is 4.79 Å². The van der Waals surface area contributed by atoms with Crippen molar-refractivity contribution in [3.05, 3.63) is 107 Å². The van der Waals surface area contributed by atoms with E-state index in [-0.39, 0.29) is 0 Å². The minimum Gasteiger partial charge on any atom is -0.312 e. The standard InChI is InChI=1S/C22H17NO2/c24-22(18-10-2-1-3-11-18)25-23-21-19-12-6-4-8-16(19)14-15-17-9-5-7-13-20(17)21/h1-13H,14-15H2. The van der Waals surface area contributed by atoms with Gasteiger partial charge in [0.15, 0.2) is 0 Å². The number of rotatable bonds is 2. The van der Waals surface area contributed by atoms with Gasteiger partial charge in [-0.3, -0.25) is 0 Å². The van der Waals surface area contributed by atoms with E-state index < -0.39 is 5.97 Å². The van der Waals surface area contributed by atoms with E-state index in [2.05, 4.69) is 17.3 Å². The molecule has 3 heteroatoms. The zero-order valence-corrected chi connectivity index (χ0v) is 13.7. The second kappa shape index (κ2) is 6.73. The summed E-state index contributed by atoms with van der Waals surface area (Å²) in [6.07, 6.45) is 1.89. The summed E-state index contributed by atoms with van der Waals surface area (Å²) in [6.45, 7) is 0. The molecular weight excluding hydrogens is 310 g/mol. The predicted molar refractivity (Wildman–Crippen MR) is 97.8 cm³/mol. The number of nitrogens with zero attached hydrogens (tertiary/aromatic N) is 1. The Labute approximate surface area is 146 Å². The molecule has 3 aromatic rings. The van der Waals surface area contributed by atoms with Gasteiger partial charge in [-0.15, -0.1) is 0 Å². The maximum atomic E-state index is 12.3. The zero-order chi connectivity index (χ0) is 17.1. The number of fused-ring (bicyclic) bond motifs is 2. The number of aryl methyl sites for hydroxylation is 2. The van der Waals surface area contributed by atoms with Crippen LogP contribution in [-0.2, 0) is 17.7 Å². The average molecular weight is 327 g/mol. The summed E-state index contributed by atoms with van der Waals surface area (Å²) in [7, 11) is 0. The summed E-state index contributed by atoms with van der Waals surface area (Å²) >= 11 is 0. The first-order valence-electron chi connectivity index (χ1n) is 8.34. The number of hydrogen-bond acceptors (Lipinski definition) is 3. The molecule has 0 fully saturated rings. The lowest BCUT2D eigenvalue weighted by Gasteiger charge is -2.09. The van der Waals surface area contributed by atoms with Crippen molar-refractivity contribution in [2.75, 3.05) is 0 Å². The smallest absolute Gasteiger partial charge is 0.312 e. The molecule has 0 heterocycles. The van der Waals surface area contributed by atoms with Gasteiger partial charge < -0.3 is 4.84 Å². The Bertz CT molecular complexity index is 896. The van der Waals surface area contributed by atoms with E-state index >= 15 is 0 Å². The first kappa shape index (κ1) is 15.3. The van der Waals surface area contributed by atoms with E-state index in [0.717, 1.165) is 24.0 Å². The van der Waals surface area contributed by atoms with Gasteiger partial charge in [-0.2, -0.15) is 0 Å². The Morgan fingerprint density at radius 3 is 1.84 bits per heavy atom. The molecule has 0 aliphatic heterocycles. The van der Waals surface area contributed by atoms with Crippen molar-refractivity contribution < 1.29 is 9.63 Å². The molecule has 25 heavy (non-hydrogen) atoms. The first-order chi connectivity index (χ1) is 12.3. The molecule has 1 aliphatic rings. The van der Waals surface area contributed by atoms with Crippen LogP contribution in [0.4, 0.5) is 0 Å². The van der Waals surface area contributed by atoms with Gasteiger partial charge in [0.25, 0.3) is 0 Å². The van der Waals surface area contributed by atoms with Crippen LogP contribution in [-0.4, -0.2) is 11.7 Å². The molecular formula is C22H17NO2. The van der Waals surface area contributed by atoms with Crippen molar-refractivity contribution in [2.24, 2.45) is 5.16 Å². The lowest BCUT2D eigenvalue weighted by molar-refractivity contribution is 0.0517. The van der Waals surface area contributed by atoms with Crippen LogP contribution < -0.4 is 0 Å². The molecule has 3 nitrogen and oxygen atoms in total. The minimum atomic E-state index is -0.452. The normalized spacial score (nSPS) is 12.6. The Morgan fingerprint density at radius 2 is 1.24 bits per heavy atom. The lowest BCUT2D eigenvalue weighted by atomic mass is 9.98. The fourth-order valence-corrected chi connectivity index (χ4v) is 3.17. The van der Waals surface area contributed by atoms with Crippen LogP contribution in [0.3, 0.4) is 0 Å². The van der Waals surface area contributed by atoms with Crippen molar-refractivity contribution >= 4 is 11.7 Å². The summed E-state index contributed by atoms with van der Waals surface area (Å²) in [6, 6.07) is 25.2. The summed E-state index contributed by atoms with van der Waals surface area (Å²) in [4.78, 5) is 17.6. The van der Waals surface area contributed by atoms with E-state index in [1.807, 2.05) is 42.5 Å². The topological polar surface area (TPSA) is 38.7 Å². The fraction of sp³-hybridized carbons (Fsp3) is 0.0909. The van der Waals surface area contributed by atoms with Crippen LogP contribution in [0.2, 0.25) is 0 Å². The van der Waals surface area contributed by atoms with Gasteiger partial charge in [-0.25, -0.2) is 4.79 Å². The third-order valence-electron chi connectivity index (χ3n) is 4.44. The minimum absolute atomic E-state index is 0.452. The van der Waals surface area contributed by atoms with E-state index in [1.54, 1.807) is 24.3 Å². The van der Waals surface area contributed by atoms with Crippen molar-refractivity contribution in [3.63, 3.8) is 0 Å². The second-order valence-electron chi connectivity index (χ2n) is 6.00. The van der Waals surface area contributed by atoms with Crippen molar-refractivity contribution in [1.29, 1.82) is 0 Å². The zero-order valence-electron chi connectivity index (χ0n) is 13.7. The fourth-order valence-electron chi connectivity index (χ4n) is 3.17. The molecule has 0 spiro atoms. The van der Waals surface area contributed by atoms with E-state index in [0.29, 0.717) is 11.3 Å². The van der Waals surface area contributed by atoms with Crippen LogP contribution in [0, 0.1) is 0 Å². The molecule has 122 valence electrons. The molecule has 1 aliphatic carbocycles. The highest BCUT2D eigenvalue weighted by Gasteiger charge is 2.20. The summed E-state index contributed by atoms with van der Waals surface area (Å²) in [5.74, 6) is -0.452. The van der Waals surface area contributed by atoms with Gasteiger partial charge in [0, 0.05) is 11.1 Å². The van der Waals surface area contributed by atoms with E-state index in [1.165, 1.54) is 11.1 Å². The highest BCUT2D eigenvalue weighted by atomic mass is 16.7. The van der Waals surface area contributed by atoms with Crippen LogP contribution >= 0.6 is 0 Å². The lowest BCUT2D eigenvalue weighted by Crippen LogP contribution is -2.09. The summed E-state index contributed by atoms with van der Waals surface area (Å²) in [5, 5.41) is 4.27. The van der Waals surface area contributed by atoms with Crippen LogP contribution in [0.25, 0.3) is 0 Å². The molecule has 3 aromatic carbocycles. The molecule has 0 atom stereocenters. The highest BCUT2D eigenvalue weighted by Crippen LogP contribution is 2.25. The van der Waals surface area contributed by atoms with Gasteiger partial charge >= 0.3 is 5.97 Å². The third kappa shape index (κ3) is 3.09. The maximum absolute atomic E-state index is 12.3. The molecule has 0 radical (unpaired) electrons. The van der Waals surface area contributed by atoms with Gasteiger partial charge in [-0.1, -0.05) is 71.9 Å². The first-order valence-corrected chi connectivity index (χ1v) is 8.34. The Hall–Kier alpha value is -3.20. The molecule has 0 unspecified atom stereocenters. The highest BCUT2D eigenvalue weighted by molar-refractivity contribution is 6.15. The summed E-state index contributed by atoms with van der Waals surface area (Å²) in [5.41, 5.74) is 5.68. The van der Waals surface area contributed by atoms with Crippen LogP contribution in [0.1, 0.15) is 32.6 Å². The molecule has 0 N–H and O–H groups in total. The Balaban J connectivity index is 1.76.